The molecule has 25 heavy (non-hydrogen) atoms. The molecule has 0 aromatic carbocycles. The normalized spacial score (nSPS) is 18.2. The summed E-state index contributed by atoms with van der Waals surface area (Å²) in [4.78, 5) is 25.4. The highest BCUT2D eigenvalue weighted by Crippen LogP contribution is 2.21. The molecule has 1 fully saturated rings. The van der Waals surface area contributed by atoms with Gasteiger partial charge < -0.3 is 9.42 Å². The van der Waals surface area contributed by atoms with Crippen molar-refractivity contribution in [3.05, 3.63) is 30.3 Å². The molecule has 1 amide bonds. The van der Waals surface area contributed by atoms with Crippen molar-refractivity contribution in [3.8, 4) is 11.5 Å². The molecule has 3 heterocycles. The van der Waals surface area contributed by atoms with E-state index in [1.54, 1.807) is 6.20 Å². The summed E-state index contributed by atoms with van der Waals surface area (Å²) in [6, 6.07) is 5.60. The van der Waals surface area contributed by atoms with Crippen LogP contribution in [0.1, 0.15) is 32.6 Å². The summed E-state index contributed by atoms with van der Waals surface area (Å²) in [7, 11) is 0. The van der Waals surface area contributed by atoms with E-state index in [4.69, 9.17) is 4.52 Å². The predicted octanol–water partition coefficient (Wildman–Crippen LogP) is 2.21. The van der Waals surface area contributed by atoms with Gasteiger partial charge in [-0.1, -0.05) is 11.2 Å². The molecule has 2 aromatic rings. The number of hydrogen-bond donors (Lipinski definition) is 0. The fraction of sp³-hybridized carbons (Fsp3) is 0.556. The molecule has 3 rings (SSSR count). The number of pyridine rings is 1. The van der Waals surface area contributed by atoms with Gasteiger partial charge in [-0.3, -0.25) is 14.7 Å². The molecule has 0 spiro atoms. The van der Waals surface area contributed by atoms with Gasteiger partial charge in [-0.15, -0.1) is 0 Å². The fourth-order valence-corrected chi connectivity index (χ4v) is 3.30. The van der Waals surface area contributed by atoms with Gasteiger partial charge in [0.25, 0.3) is 0 Å². The van der Waals surface area contributed by atoms with Crippen LogP contribution in [0.5, 0.6) is 0 Å². The molecule has 0 bridgehead atoms. The smallest absolute Gasteiger partial charge is 0.241 e. The molecular formula is C18H25N5O2. The third kappa shape index (κ3) is 4.22. The summed E-state index contributed by atoms with van der Waals surface area (Å²) in [6.07, 6.45) is 3.67. The molecule has 0 radical (unpaired) electrons. The van der Waals surface area contributed by atoms with Crippen molar-refractivity contribution in [3.63, 3.8) is 0 Å². The van der Waals surface area contributed by atoms with Crippen LogP contribution in [0.4, 0.5) is 0 Å². The average Bonchev–Trinajstić information content (AvgIpc) is 3.12. The van der Waals surface area contributed by atoms with Gasteiger partial charge >= 0.3 is 0 Å². The lowest BCUT2D eigenvalue weighted by Crippen LogP contribution is -2.44. The minimum absolute atomic E-state index is 0.0619. The second-order valence-electron chi connectivity index (χ2n) is 6.31. The van der Waals surface area contributed by atoms with Crippen molar-refractivity contribution in [2.75, 3.05) is 26.2 Å². The molecule has 7 heteroatoms. The third-order valence-electron chi connectivity index (χ3n) is 4.65. The Balaban J connectivity index is 1.61. The van der Waals surface area contributed by atoms with E-state index in [-0.39, 0.29) is 11.8 Å². The van der Waals surface area contributed by atoms with Gasteiger partial charge in [-0.05, 0) is 45.4 Å². The Kier molecular flexibility index (Phi) is 5.75. The van der Waals surface area contributed by atoms with Crippen molar-refractivity contribution >= 4 is 5.91 Å². The maximum absolute atomic E-state index is 12.6. The zero-order valence-corrected chi connectivity index (χ0v) is 14.9. The van der Waals surface area contributed by atoms with E-state index in [1.807, 2.05) is 36.9 Å². The van der Waals surface area contributed by atoms with Crippen LogP contribution in [0.25, 0.3) is 11.5 Å². The van der Waals surface area contributed by atoms with Crippen molar-refractivity contribution < 1.29 is 9.32 Å². The first kappa shape index (κ1) is 17.5. The maximum atomic E-state index is 12.6. The summed E-state index contributed by atoms with van der Waals surface area (Å²) in [5, 5.41) is 4.01. The first-order chi connectivity index (χ1) is 12.2. The van der Waals surface area contributed by atoms with E-state index in [0.717, 1.165) is 39.0 Å². The Hall–Kier alpha value is -2.28. The number of rotatable bonds is 6. The highest BCUT2D eigenvalue weighted by atomic mass is 16.5. The standard InChI is InChI=1S/C18H25N5O2/c1-3-23(4-2)18(24)14-8-7-11-22(12-14)13-16-20-17(21-25-16)15-9-5-6-10-19-15/h5-6,9-10,14H,3-4,7-8,11-13H2,1-2H3. The SMILES string of the molecule is CCN(CC)C(=O)C1CCCN(Cc2nc(-c3ccccn3)no2)C1. The van der Waals surface area contributed by atoms with Gasteiger partial charge in [0.05, 0.1) is 12.5 Å². The van der Waals surface area contributed by atoms with E-state index < -0.39 is 0 Å². The number of likely N-dealkylation sites (tertiary alicyclic amines) is 1. The highest BCUT2D eigenvalue weighted by Gasteiger charge is 2.29. The number of hydrogen-bond acceptors (Lipinski definition) is 6. The van der Waals surface area contributed by atoms with Crippen LogP contribution in [0, 0.1) is 5.92 Å². The second-order valence-corrected chi connectivity index (χ2v) is 6.31. The lowest BCUT2D eigenvalue weighted by atomic mass is 9.96. The average molecular weight is 343 g/mol. The van der Waals surface area contributed by atoms with Crippen LogP contribution in [-0.2, 0) is 11.3 Å². The Morgan fingerprint density at radius 1 is 1.36 bits per heavy atom. The zero-order chi connectivity index (χ0) is 17.6. The van der Waals surface area contributed by atoms with Gasteiger partial charge in [-0.25, -0.2) is 0 Å². The van der Waals surface area contributed by atoms with Crippen molar-refractivity contribution in [1.82, 2.24) is 24.9 Å². The lowest BCUT2D eigenvalue weighted by Gasteiger charge is -2.33. The van der Waals surface area contributed by atoms with Crippen LogP contribution >= 0.6 is 0 Å². The molecule has 1 aliphatic heterocycles. The third-order valence-corrected chi connectivity index (χ3v) is 4.65. The molecule has 0 saturated carbocycles. The molecule has 1 aliphatic rings. The molecule has 1 atom stereocenters. The van der Waals surface area contributed by atoms with E-state index in [1.165, 1.54) is 0 Å². The largest absolute Gasteiger partial charge is 0.343 e. The van der Waals surface area contributed by atoms with Crippen LogP contribution in [-0.4, -0.2) is 57.0 Å². The van der Waals surface area contributed by atoms with Crippen molar-refractivity contribution in [1.29, 1.82) is 0 Å². The van der Waals surface area contributed by atoms with E-state index >= 15 is 0 Å². The number of carbonyl (C=O) groups is 1. The Labute approximate surface area is 148 Å². The molecule has 0 aliphatic carbocycles. The van der Waals surface area contributed by atoms with Crippen LogP contribution < -0.4 is 0 Å². The summed E-state index contributed by atoms with van der Waals surface area (Å²) >= 11 is 0. The minimum Gasteiger partial charge on any atom is -0.343 e. The molecule has 0 N–H and O–H groups in total. The second kappa shape index (κ2) is 8.20. The zero-order valence-electron chi connectivity index (χ0n) is 14.9. The number of aromatic nitrogens is 3. The van der Waals surface area contributed by atoms with E-state index in [2.05, 4.69) is 20.0 Å². The van der Waals surface area contributed by atoms with Crippen LogP contribution in [0.15, 0.2) is 28.9 Å². The van der Waals surface area contributed by atoms with Crippen molar-refractivity contribution in [2.45, 2.75) is 33.2 Å². The first-order valence-corrected chi connectivity index (χ1v) is 8.96. The minimum atomic E-state index is 0.0619. The first-order valence-electron chi connectivity index (χ1n) is 8.96. The fourth-order valence-electron chi connectivity index (χ4n) is 3.30. The Bertz CT molecular complexity index is 684. The van der Waals surface area contributed by atoms with Gasteiger partial charge in [0.15, 0.2) is 0 Å². The number of nitrogens with zero attached hydrogens (tertiary/aromatic N) is 5. The molecular weight excluding hydrogens is 318 g/mol. The monoisotopic (exact) mass is 343 g/mol. The molecule has 1 unspecified atom stereocenters. The van der Waals surface area contributed by atoms with Gasteiger partial charge in [0.2, 0.25) is 17.6 Å². The topological polar surface area (TPSA) is 75.4 Å². The molecule has 2 aromatic heterocycles. The number of piperidine rings is 1. The van der Waals surface area contributed by atoms with Crippen LogP contribution in [0.3, 0.4) is 0 Å². The predicted molar refractivity (Wildman–Crippen MR) is 93.5 cm³/mol. The van der Waals surface area contributed by atoms with E-state index in [9.17, 15) is 4.79 Å². The maximum Gasteiger partial charge on any atom is 0.241 e. The van der Waals surface area contributed by atoms with Gasteiger partial charge in [-0.2, -0.15) is 4.98 Å². The Morgan fingerprint density at radius 3 is 2.92 bits per heavy atom. The number of carbonyl (C=O) groups excluding carboxylic acids is 1. The summed E-state index contributed by atoms with van der Waals surface area (Å²) in [5.41, 5.74) is 0.700. The molecule has 7 nitrogen and oxygen atoms in total. The van der Waals surface area contributed by atoms with Gasteiger partial charge in [0, 0.05) is 25.8 Å². The summed E-state index contributed by atoms with van der Waals surface area (Å²) < 4.78 is 5.37. The Morgan fingerprint density at radius 2 is 2.20 bits per heavy atom. The summed E-state index contributed by atoms with van der Waals surface area (Å²) in [5.74, 6) is 1.39. The molecule has 134 valence electrons. The van der Waals surface area contributed by atoms with E-state index in [0.29, 0.717) is 24.0 Å². The highest BCUT2D eigenvalue weighted by molar-refractivity contribution is 5.79. The van der Waals surface area contributed by atoms with Crippen LogP contribution in [0.2, 0.25) is 0 Å². The summed E-state index contributed by atoms with van der Waals surface area (Å²) in [6.45, 7) is 7.85. The quantitative estimate of drug-likeness (QED) is 0.800. The number of amides is 1. The van der Waals surface area contributed by atoms with Crippen molar-refractivity contribution in [2.24, 2.45) is 5.92 Å². The molecule has 1 saturated heterocycles. The lowest BCUT2D eigenvalue weighted by molar-refractivity contribution is -0.137. The van der Waals surface area contributed by atoms with Gasteiger partial charge in [0.1, 0.15) is 5.69 Å².